The maximum Gasteiger partial charge on any atom is 0.0738 e. The van der Waals surface area contributed by atoms with Gasteiger partial charge in [0, 0.05) is 62.2 Å². The molecule has 8 bridgehead atoms. The zero-order valence-corrected chi connectivity index (χ0v) is 28.4. The van der Waals surface area contributed by atoms with Crippen molar-refractivity contribution in [2.45, 2.75) is 27.7 Å². The van der Waals surface area contributed by atoms with E-state index in [0.717, 1.165) is 85.0 Å². The highest BCUT2D eigenvalue weighted by Gasteiger charge is 2.23. The minimum atomic E-state index is 0.883. The molecule has 0 radical (unpaired) electrons. The molecule has 0 spiro atoms. The third-order valence-corrected chi connectivity index (χ3v) is 11.8. The molecule has 2 aliphatic heterocycles. The van der Waals surface area contributed by atoms with Crippen LogP contribution in [0.25, 0.3) is 67.1 Å². The van der Waals surface area contributed by atoms with Crippen molar-refractivity contribution in [3.63, 3.8) is 0 Å². The van der Waals surface area contributed by atoms with Crippen LogP contribution in [0.3, 0.4) is 0 Å². The number of aryl methyl sites for hydroxylation is 4. The van der Waals surface area contributed by atoms with E-state index < -0.39 is 0 Å². The molecule has 0 unspecified atom stereocenters. The highest BCUT2D eigenvalue weighted by atomic mass is 79.9. The van der Waals surface area contributed by atoms with Crippen LogP contribution in [0.5, 0.6) is 0 Å². The first-order valence-corrected chi connectivity index (χ1v) is 15.9. The second-order valence-electron chi connectivity index (χ2n) is 10.4. The van der Waals surface area contributed by atoms with Crippen molar-refractivity contribution in [2.24, 2.45) is 0 Å². The van der Waals surface area contributed by atoms with Crippen LogP contribution in [0.1, 0.15) is 22.3 Å². The highest BCUT2D eigenvalue weighted by molar-refractivity contribution is 9.13. The van der Waals surface area contributed by atoms with E-state index >= 15 is 0 Å². The van der Waals surface area contributed by atoms with Gasteiger partial charge in [0.15, 0.2) is 0 Å². The van der Waals surface area contributed by atoms with Crippen molar-refractivity contribution in [1.29, 1.82) is 0 Å². The molecule has 0 saturated carbocycles. The molecular weight excluding hydrogens is 760 g/mol. The summed E-state index contributed by atoms with van der Waals surface area (Å²) in [6.45, 7) is 8.66. The molecule has 8 heteroatoms. The molecule has 0 fully saturated rings. The van der Waals surface area contributed by atoms with Gasteiger partial charge < -0.3 is 9.97 Å². The van der Waals surface area contributed by atoms with Crippen molar-refractivity contribution >= 4 is 85.8 Å². The summed E-state index contributed by atoms with van der Waals surface area (Å²) in [6, 6.07) is 17.2. The normalized spacial score (nSPS) is 12.0. The smallest absolute Gasteiger partial charge is 0.0738 e. The van der Waals surface area contributed by atoms with Gasteiger partial charge in [-0.15, -0.1) is 0 Å². The standard InChI is InChI=1S/C32H22Br4N4/c1-13-15(3)27-10-29-17-5-21(33)23(35)7-19(17)31(39-29)12-32-20-8-24(36)22(34)6-18(20)30(40-32)11-28-16(4)14(2)26(38-28)9-25(13)37-27/h5-12,37-38H,1-4H3. The maximum atomic E-state index is 5.17. The lowest BCUT2D eigenvalue weighted by Gasteiger charge is -2.04. The van der Waals surface area contributed by atoms with E-state index in [4.69, 9.17) is 9.97 Å². The number of aromatic amines is 2. The monoisotopic (exact) mass is 778 g/mol. The molecular formula is C32H22Br4N4. The van der Waals surface area contributed by atoms with Crippen LogP contribution in [0.2, 0.25) is 0 Å². The van der Waals surface area contributed by atoms with Gasteiger partial charge in [-0.25, -0.2) is 9.97 Å². The molecule has 3 aromatic heterocycles. The number of aromatic nitrogens is 4. The van der Waals surface area contributed by atoms with Crippen LogP contribution in [-0.4, -0.2) is 19.9 Å². The molecule has 0 aliphatic carbocycles. The lowest BCUT2D eigenvalue weighted by molar-refractivity contribution is 1.37. The van der Waals surface area contributed by atoms with Gasteiger partial charge in [0.2, 0.25) is 0 Å². The van der Waals surface area contributed by atoms with Crippen LogP contribution >= 0.6 is 63.7 Å². The molecule has 2 aliphatic rings. The zero-order valence-electron chi connectivity index (χ0n) is 22.0. The van der Waals surface area contributed by atoms with Crippen molar-refractivity contribution in [3.05, 3.63) is 88.7 Å². The number of hydrogen-bond donors (Lipinski definition) is 2. The fourth-order valence-electron chi connectivity index (χ4n) is 5.48. The molecule has 5 aromatic rings. The predicted octanol–water partition coefficient (Wildman–Crippen LogP) is 11.3. The van der Waals surface area contributed by atoms with Gasteiger partial charge in [-0.1, -0.05) is 0 Å². The van der Waals surface area contributed by atoms with Gasteiger partial charge in [-0.3, -0.25) is 0 Å². The SMILES string of the molecule is Cc1c(C)c2cc3[nH]c(cc4nc(cc5nc(cc1[nH]2)-c1cc(Br)c(Br)cc1-5)-c1cc(Br)c(Br)cc1-4)c(C)c3C. The number of nitrogens with one attached hydrogen (secondary N) is 2. The summed E-state index contributed by atoms with van der Waals surface area (Å²) < 4.78 is 3.95. The van der Waals surface area contributed by atoms with Gasteiger partial charge in [0.25, 0.3) is 0 Å². The van der Waals surface area contributed by atoms with Crippen molar-refractivity contribution in [2.75, 3.05) is 0 Å². The third-order valence-electron chi connectivity index (χ3n) is 8.11. The molecule has 2 N–H and O–H groups in total. The number of benzene rings is 2. The van der Waals surface area contributed by atoms with E-state index in [1.165, 1.54) is 22.3 Å². The average Bonchev–Trinajstić information content (AvgIpc) is 3.57. The largest absolute Gasteiger partial charge is 0.355 e. The molecule has 0 saturated heterocycles. The van der Waals surface area contributed by atoms with E-state index in [9.17, 15) is 0 Å². The van der Waals surface area contributed by atoms with Gasteiger partial charge in [-0.05, 0) is 162 Å². The number of H-pyrrole nitrogens is 2. The van der Waals surface area contributed by atoms with Crippen molar-refractivity contribution in [1.82, 2.24) is 19.9 Å². The van der Waals surface area contributed by atoms with Crippen LogP contribution in [0.4, 0.5) is 0 Å². The topological polar surface area (TPSA) is 57.4 Å². The number of nitrogens with zero attached hydrogens (tertiary/aromatic N) is 2. The average molecular weight is 782 g/mol. The Hall–Kier alpha value is -2.52. The maximum absolute atomic E-state index is 5.17. The minimum absolute atomic E-state index is 0.883. The fourth-order valence-corrected chi connectivity index (χ4v) is 6.85. The Morgan fingerprint density at radius 2 is 0.675 bits per heavy atom. The summed E-state index contributed by atoms with van der Waals surface area (Å²) in [5.74, 6) is 0. The van der Waals surface area contributed by atoms with Gasteiger partial charge >= 0.3 is 0 Å². The van der Waals surface area contributed by atoms with Crippen molar-refractivity contribution < 1.29 is 0 Å². The zero-order chi connectivity index (χ0) is 28.0. The summed E-state index contributed by atoms with van der Waals surface area (Å²) in [7, 11) is 0. The predicted molar refractivity (Wildman–Crippen MR) is 180 cm³/mol. The Morgan fingerprint density at radius 1 is 0.400 bits per heavy atom. The van der Waals surface area contributed by atoms with Crippen molar-refractivity contribution in [3.8, 4) is 45.0 Å². The van der Waals surface area contributed by atoms with Gasteiger partial charge in [0.1, 0.15) is 0 Å². The second kappa shape index (κ2) is 9.51. The molecule has 5 heterocycles. The lowest BCUT2D eigenvalue weighted by atomic mass is 10.0. The fraction of sp³-hybridized carbons (Fsp3) is 0.125. The number of rotatable bonds is 0. The van der Waals surface area contributed by atoms with Crippen LogP contribution in [-0.2, 0) is 0 Å². The summed E-state index contributed by atoms with van der Waals surface area (Å²) in [5.41, 5.74) is 17.1. The van der Waals surface area contributed by atoms with Crippen LogP contribution in [0.15, 0.2) is 66.4 Å². The summed E-state index contributed by atoms with van der Waals surface area (Å²) >= 11 is 14.8. The first-order valence-electron chi connectivity index (χ1n) is 12.8. The Labute approximate surface area is 265 Å². The number of halogens is 4. The molecule has 0 atom stereocenters. The first-order chi connectivity index (χ1) is 19.1. The number of fused-ring (bicyclic) bond motifs is 14. The molecule has 198 valence electrons. The van der Waals surface area contributed by atoms with E-state index in [0.29, 0.717) is 0 Å². The van der Waals surface area contributed by atoms with E-state index in [1.54, 1.807) is 0 Å². The van der Waals surface area contributed by atoms with Crippen LogP contribution in [0, 0.1) is 27.7 Å². The summed E-state index contributed by atoms with van der Waals surface area (Å²) in [6.07, 6.45) is 0. The third kappa shape index (κ3) is 4.10. The molecule has 7 rings (SSSR count). The lowest BCUT2D eigenvalue weighted by Crippen LogP contribution is -1.81. The molecule has 4 nitrogen and oxygen atoms in total. The van der Waals surface area contributed by atoms with E-state index in [2.05, 4.69) is 150 Å². The number of hydrogen-bond acceptors (Lipinski definition) is 2. The van der Waals surface area contributed by atoms with E-state index in [-0.39, 0.29) is 0 Å². The molecule has 40 heavy (non-hydrogen) atoms. The summed E-state index contributed by atoms with van der Waals surface area (Å²) in [5, 5.41) is 0. The second-order valence-corrected chi connectivity index (χ2v) is 13.8. The Balaban J connectivity index is 1.68. The van der Waals surface area contributed by atoms with Gasteiger partial charge in [-0.2, -0.15) is 0 Å². The molecule has 0 amide bonds. The highest BCUT2D eigenvalue weighted by Crippen LogP contribution is 2.45. The Kier molecular flexibility index (Phi) is 6.27. The quantitative estimate of drug-likeness (QED) is 0.161. The van der Waals surface area contributed by atoms with Crippen LogP contribution < -0.4 is 0 Å². The summed E-state index contributed by atoms with van der Waals surface area (Å²) in [4.78, 5) is 17.7. The van der Waals surface area contributed by atoms with E-state index in [1.807, 2.05) is 0 Å². The first kappa shape index (κ1) is 26.4. The Bertz CT molecular complexity index is 1960. The molecule has 2 aromatic carbocycles. The Morgan fingerprint density at radius 3 is 1.00 bits per heavy atom. The van der Waals surface area contributed by atoms with Gasteiger partial charge in [0.05, 0.1) is 22.8 Å². The minimum Gasteiger partial charge on any atom is -0.355 e.